The summed E-state index contributed by atoms with van der Waals surface area (Å²) in [5.74, 6) is 0.647. The van der Waals surface area contributed by atoms with E-state index in [0.29, 0.717) is 25.1 Å². The molecule has 3 heterocycles. The predicted octanol–water partition coefficient (Wildman–Crippen LogP) is 1.51. The van der Waals surface area contributed by atoms with Gasteiger partial charge >= 0.3 is 0 Å². The van der Waals surface area contributed by atoms with Crippen molar-refractivity contribution in [2.24, 2.45) is 0 Å². The van der Waals surface area contributed by atoms with Crippen LogP contribution in [0.1, 0.15) is 36.6 Å². The molecule has 2 aromatic rings. The van der Waals surface area contributed by atoms with Crippen LogP contribution in [-0.4, -0.2) is 47.1 Å². The number of carbonyl (C=O) groups excluding carboxylic acids is 1. The van der Waals surface area contributed by atoms with Gasteiger partial charge in [0.1, 0.15) is 17.4 Å². The Morgan fingerprint density at radius 1 is 1.25 bits per heavy atom. The van der Waals surface area contributed by atoms with Gasteiger partial charge in [0.05, 0.1) is 25.4 Å². The number of piperidine rings is 1. The topological polar surface area (TPSA) is 86.7 Å². The lowest BCUT2D eigenvalue weighted by Gasteiger charge is -2.40. The molecule has 0 bridgehead atoms. The lowest BCUT2D eigenvalue weighted by atomic mass is 9.85. The number of aliphatic hydroxyl groups is 1. The van der Waals surface area contributed by atoms with Crippen LogP contribution in [0.4, 0.5) is 0 Å². The number of aromatic nitrogens is 1. The van der Waals surface area contributed by atoms with E-state index in [0.717, 1.165) is 17.7 Å². The first-order valence-corrected chi connectivity index (χ1v) is 9.67. The first-order valence-electron chi connectivity index (χ1n) is 9.67. The van der Waals surface area contributed by atoms with Crippen LogP contribution in [-0.2, 0) is 10.4 Å². The van der Waals surface area contributed by atoms with Crippen LogP contribution in [0.25, 0.3) is 0 Å². The molecule has 28 heavy (non-hydrogen) atoms. The Kier molecular flexibility index (Phi) is 5.30. The van der Waals surface area contributed by atoms with Crippen LogP contribution in [0, 0.1) is 0 Å². The quantitative estimate of drug-likeness (QED) is 0.743. The van der Waals surface area contributed by atoms with E-state index in [1.807, 2.05) is 42.5 Å². The van der Waals surface area contributed by atoms with Crippen molar-refractivity contribution in [3.8, 4) is 5.75 Å². The van der Waals surface area contributed by atoms with Crippen molar-refractivity contribution >= 4 is 5.91 Å². The molecule has 2 aliphatic rings. The van der Waals surface area contributed by atoms with E-state index in [4.69, 9.17) is 4.74 Å². The summed E-state index contributed by atoms with van der Waals surface area (Å²) in [6.07, 6.45) is 3.72. The summed E-state index contributed by atoms with van der Waals surface area (Å²) < 4.78 is 5.43. The van der Waals surface area contributed by atoms with Crippen LogP contribution in [0.3, 0.4) is 0 Å². The molecular formula is C21H26N4O3. The van der Waals surface area contributed by atoms with E-state index in [1.165, 1.54) is 0 Å². The molecular weight excluding hydrogens is 356 g/mol. The van der Waals surface area contributed by atoms with Crippen molar-refractivity contribution in [1.82, 2.24) is 20.7 Å². The summed E-state index contributed by atoms with van der Waals surface area (Å²) in [6.45, 7) is 0.904. The van der Waals surface area contributed by atoms with E-state index in [1.54, 1.807) is 18.2 Å². The summed E-state index contributed by atoms with van der Waals surface area (Å²) in [7, 11) is 1.60. The van der Waals surface area contributed by atoms with Gasteiger partial charge in [-0.3, -0.25) is 9.78 Å². The van der Waals surface area contributed by atoms with Gasteiger partial charge in [0.25, 0.3) is 0 Å². The normalized spacial score (nSPS) is 27.6. The van der Waals surface area contributed by atoms with Crippen LogP contribution in [0.5, 0.6) is 5.75 Å². The van der Waals surface area contributed by atoms with Gasteiger partial charge in [0, 0.05) is 18.3 Å². The van der Waals surface area contributed by atoms with Gasteiger partial charge in [-0.2, -0.15) is 0 Å². The first kappa shape index (κ1) is 18.9. The van der Waals surface area contributed by atoms with Crippen molar-refractivity contribution < 1.29 is 14.6 Å². The Hall–Kier alpha value is -2.48. The van der Waals surface area contributed by atoms with Crippen LogP contribution >= 0.6 is 0 Å². The van der Waals surface area contributed by atoms with Crippen molar-refractivity contribution in [1.29, 1.82) is 0 Å². The molecule has 0 spiro atoms. The van der Waals surface area contributed by atoms with Gasteiger partial charge in [0.15, 0.2) is 0 Å². The summed E-state index contributed by atoms with van der Waals surface area (Å²) in [6, 6.07) is 12.9. The second-order valence-corrected chi connectivity index (χ2v) is 7.48. The third-order valence-electron chi connectivity index (χ3n) is 5.64. The van der Waals surface area contributed by atoms with Gasteiger partial charge in [-0.05, 0) is 37.5 Å². The maximum absolute atomic E-state index is 13.1. The zero-order valence-corrected chi connectivity index (χ0v) is 16.0. The molecule has 3 N–H and O–H groups in total. The number of nitrogens with one attached hydrogen (secondary N) is 2. The number of hydrogen-bond acceptors (Lipinski definition) is 6. The molecule has 7 heteroatoms. The lowest BCUT2D eigenvalue weighted by Crippen LogP contribution is -2.53. The maximum Gasteiger partial charge on any atom is 0.241 e. The summed E-state index contributed by atoms with van der Waals surface area (Å²) >= 11 is 0. The smallest absolute Gasteiger partial charge is 0.241 e. The third-order valence-corrected chi connectivity index (χ3v) is 5.64. The van der Waals surface area contributed by atoms with E-state index < -0.39 is 5.60 Å². The summed E-state index contributed by atoms with van der Waals surface area (Å²) in [5, 5.41) is 11.3. The van der Waals surface area contributed by atoms with E-state index in [9.17, 15) is 9.90 Å². The number of rotatable bonds is 4. The Balaban J connectivity index is 1.47. The number of para-hydroxylation sites is 1. The standard InChI is InChI=1S/C21H26N4O3/c1-28-19-9-3-2-7-15(19)21(27)10-6-12-25(14-21)20(26)18-13-17(23-24-18)16-8-4-5-11-22-16/h2-5,7-9,11,17-18,23-24,27H,6,10,12-14H2,1H3. The Morgan fingerprint density at radius 2 is 2.07 bits per heavy atom. The van der Waals surface area contributed by atoms with Crippen LogP contribution in [0.15, 0.2) is 48.7 Å². The minimum absolute atomic E-state index is 0.000968. The van der Waals surface area contributed by atoms with Crippen molar-refractivity contribution in [2.75, 3.05) is 20.2 Å². The number of nitrogens with zero attached hydrogens (tertiary/aromatic N) is 2. The van der Waals surface area contributed by atoms with Gasteiger partial charge in [0.2, 0.25) is 5.91 Å². The average molecular weight is 382 g/mol. The highest BCUT2D eigenvalue weighted by molar-refractivity contribution is 5.82. The second kappa shape index (κ2) is 7.87. The number of amides is 1. The highest BCUT2D eigenvalue weighted by atomic mass is 16.5. The number of ether oxygens (including phenoxy) is 1. The molecule has 2 fully saturated rings. The molecule has 4 rings (SSSR count). The highest BCUT2D eigenvalue weighted by Crippen LogP contribution is 2.37. The molecule has 1 aromatic carbocycles. The monoisotopic (exact) mass is 382 g/mol. The number of benzene rings is 1. The zero-order chi connectivity index (χ0) is 19.6. The molecule has 1 aromatic heterocycles. The lowest BCUT2D eigenvalue weighted by molar-refractivity contribution is -0.141. The summed E-state index contributed by atoms with van der Waals surface area (Å²) in [5.41, 5.74) is 6.82. The van der Waals surface area contributed by atoms with Gasteiger partial charge < -0.3 is 14.7 Å². The third kappa shape index (κ3) is 3.61. The molecule has 2 aliphatic heterocycles. The number of hydrazine groups is 1. The fourth-order valence-corrected chi connectivity index (χ4v) is 4.19. The number of β-amino-alcohol motifs (C(OH)–C–C–N with tert-alkyl or cyclic N) is 1. The molecule has 0 aliphatic carbocycles. The van der Waals surface area contributed by atoms with Gasteiger partial charge in [-0.25, -0.2) is 10.9 Å². The van der Waals surface area contributed by atoms with Crippen molar-refractivity contribution in [3.05, 3.63) is 59.9 Å². The van der Waals surface area contributed by atoms with E-state index in [-0.39, 0.29) is 24.5 Å². The minimum Gasteiger partial charge on any atom is -0.496 e. The molecule has 7 nitrogen and oxygen atoms in total. The van der Waals surface area contributed by atoms with Crippen molar-refractivity contribution in [2.45, 2.75) is 36.9 Å². The molecule has 0 radical (unpaired) electrons. The number of methoxy groups -OCH3 is 1. The van der Waals surface area contributed by atoms with Gasteiger partial charge in [-0.15, -0.1) is 0 Å². The minimum atomic E-state index is -1.10. The van der Waals surface area contributed by atoms with E-state index in [2.05, 4.69) is 15.8 Å². The van der Waals surface area contributed by atoms with Crippen molar-refractivity contribution in [3.63, 3.8) is 0 Å². The van der Waals surface area contributed by atoms with Crippen LogP contribution in [0.2, 0.25) is 0 Å². The predicted molar refractivity (Wildman–Crippen MR) is 104 cm³/mol. The highest BCUT2D eigenvalue weighted by Gasteiger charge is 2.41. The molecule has 148 valence electrons. The second-order valence-electron chi connectivity index (χ2n) is 7.48. The fourth-order valence-electron chi connectivity index (χ4n) is 4.19. The Labute approximate surface area is 164 Å². The Bertz CT molecular complexity index is 831. The molecule has 2 saturated heterocycles. The molecule has 3 unspecified atom stereocenters. The maximum atomic E-state index is 13.1. The molecule has 1 amide bonds. The van der Waals surface area contributed by atoms with Gasteiger partial charge in [-0.1, -0.05) is 24.3 Å². The van der Waals surface area contributed by atoms with E-state index >= 15 is 0 Å². The van der Waals surface area contributed by atoms with Crippen LogP contribution < -0.4 is 15.6 Å². The zero-order valence-electron chi connectivity index (χ0n) is 16.0. The first-order chi connectivity index (χ1) is 13.6. The SMILES string of the molecule is COc1ccccc1C1(O)CCCN(C(=O)C2CC(c3ccccn3)NN2)C1. The number of pyridine rings is 1. The number of hydrogen-bond donors (Lipinski definition) is 3. The summed E-state index contributed by atoms with van der Waals surface area (Å²) in [4.78, 5) is 19.2. The average Bonchev–Trinajstić information content (AvgIpc) is 3.24. The fraction of sp³-hybridized carbons (Fsp3) is 0.429. The number of likely N-dealkylation sites (tertiary alicyclic amines) is 1. The largest absolute Gasteiger partial charge is 0.496 e. The Morgan fingerprint density at radius 3 is 2.86 bits per heavy atom. The molecule has 3 atom stereocenters. The number of carbonyl (C=O) groups is 1. The molecule has 0 saturated carbocycles.